The van der Waals surface area contributed by atoms with E-state index in [2.05, 4.69) is 33.0 Å². The highest BCUT2D eigenvalue weighted by atomic mass is 14.9. The molecular weight excluding hydrogens is 182 g/mol. The molecule has 0 amide bonds. The molecule has 0 saturated heterocycles. The van der Waals surface area contributed by atoms with Crippen LogP contribution in [0.25, 0.3) is 0 Å². The maximum absolute atomic E-state index is 3.64. The molecule has 1 nitrogen and oxygen atoms in total. The van der Waals surface area contributed by atoms with Crippen molar-refractivity contribution in [2.75, 3.05) is 6.54 Å². The van der Waals surface area contributed by atoms with E-state index in [1.54, 1.807) is 0 Å². The molecule has 0 aliphatic heterocycles. The first kappa shape index (κ1) is 15.0. The lowest BCUT2D eigenvalue weighted by Gasteiger charge is -2.24. The zero-order chi connectivity index (χ0) is 11.5. The Bertz CT molecular complexity index is 123. The Balaban J connectivity index is 3.71. The predicted molar refractivity (Wildman–Crippen MR) is 70.3 cm³/mol. The van der Waals surface area contributed by atoms with Gasteiger partial charge in [0.15, 0.2) is 0 Å². The second-order valence-corrected chi connectivity index (χ2v) is 4.78. The minimum atomic E-state index is 0.756. The first-order chi connectivity index (χ1) is 7.26. The molecule has 0 rings (SSSR count). The number of hydrogen-bond acceptors (Lipinski definition) is 1. The summed E-state index contributed by atoms with van der Waals surface area (Å²) in [5.74, 6) is 0.844. The van der Waals surface area contributed by atoms with E-state index in [1.807, 2.05) is 0 Å². The van der Waals surface area contributed by atoms with Crippen LogP contribution in [0, 0.1) is 5.92 Å². The molecule has 0 fully saturated rings. The molecule has 0 aromatic heterocycles. The minimum absolute atomic E-state index is 0.756. The summed E-state index contributed by atoms with van der Waals surface area (Å²) >= 11 is 0. The van der Waals surface area contributed by atoms with Crippen LogP contribution in [0.15, 0.2) is 0 Å². The summed E-state index contributed by atoms with van der Waals surface area (Å²) in [5, 5.41) is 3.64. The molecule has 2 unspecified atom stereocenters. The van der Waals surface area contributed by atoms with Crippen molar-refractivity contribution in [1.82, 2.24) is 5.32 Å². The van der Waals surface area contributed by atoms with Gasteiger partial charge in [0.25, 0.3) is 0 Å². The third kappa shape index (κ3) is 7.84. The average Bonchev–Trinajstić information content (AvgIpc) is 2.23. The van der Waals surface area contributed by atoms with Crippen molar-refractivity contribution in [2.24, 2.45) is 5.92 Å². The summed E-state index contributed by atoms with van der Waals surface area (Å²) < 4.78 is 0. The van der Waals surface area contributed by atoms with Gasteiger partial charge in [0.05, 0.1) is 0 Å². The molecule has 0 radical (unpaired) electrons. The van der Waals surface area contributed by atoms with Crippen LogP contribution in [0.4, 0.5) is 0 Å². The van der Waals surface area contributed by atoms with Gasteiger partial charge in [-0.15, -0.1) is 0 Å². The molecule has 0 saturated carbocycles. The van der Waals surface area contributed by atoms with Crippen LogP contribution in [-0.2, 0) is 0 Å². The van der Waals surface area contributed by atoms with E-state index in [0.29, 0.717) is 0 Å². The summed E-state index contributed by atoms with van der Waals surface area (Å²) in [6.07, 6.45) is 9.62. The van der Waals surface area contributed by atoms with Crippen LogP contribution in [0.3, 0.4) is 0 Å². The van der Waals surface area contributed by atoms with Crippen LogP contribution < -0.4 is 5.32 Å². The number of rotatable bonds is 10. The minimum Gasteiger partial charge on any atom is -0.314 e. The Morgan fingerprint density at radius 2 is 1.60 bits per heavy atom. The highest BCUT2D eigenvalue weighted by molar-refractivity contribution is 4.72. The Kier molecular flexibility index (Phi) is 10.4. The topological polar surface area (TPSA) is 12.0 Å². The van der Waals surface area contributed by atoms with Crippen molar-refractivity contribution in [1.29, 1.82) is 0 Å². The van der Waals surface area contributed by atoms with E-state index in [9.17, 15) is 0 Å². The van der Waals surface area contributed by atoms with E-state index in [4.69, 9.17) is 0 Å². The van der Waals surface area contributed by atoms with Crippen LogP contribution in [0.2, 0.25) is 0 Å². The lowest BCUT2D eigenvalue weighted by molar-refractivity contribution is 0.332. The number of unbranched alkanes of at least 4 members (excludes halogenated alkanes) is 3. The second-order valence-electron chi connectivity index (χ2n) is 4.78. The smallest absolute Gasteiger partial charge is 0.00925 e. The van der Waals surface area contributed by atoms with E-state index in [-0.39, 0.29) is 0 Å². The molecule has 0 aliphatic carbocycles. The molecule has 0 aliphatic rings. The molecule has 0 aromatic rings. The summed E-state index contributed by atoms with van der Waals surface area (Å²) in [4.78, 5) is 0. The van der Waals surface area contributed by atoms with Crippen molar-refractivity contribution < 1.29 is 0 Å². The monoisotopic (exact) mass is 213 g/mol. The van der Waals surface area contributed by atoms with Gasteiger partial charge < -0.3 is 5.32 Å². The van der Waals surface area contributed by atoms with Crippen molar-refractivity contribution in [3.05, 3.63) is 0 Å². The van der Waals surface area contributed by atoms with E-state index < -0.39 is 0 Å². The fourth-order valence-corrected chi connectivity index (χ4v) is 2.30. The van der Waals surface area contributed by atoms with Crippen LogP contribution in [-0.4, -0.2) is 12.6 Å². The van der Waals surface area contributed by atoms with Crippen LogP contribution >= 0.6 is 0 Å². The maximum atomic E-state index is 3.64. The molecular formula is C14H31N. The van der Waals surface area contributed by atoms with E-state index in [0.717, 1.165) is 18.5 Å². The average molecular weight is 213 g/mol. The highest BCUT2D eigenvalue weighted by Gasteiger charge is 2.14. The van der Waals surface area contributed by atoms with Gasteiger partial charge in [-0.05, 0) is 25.3 Å². The molecule has 92 valence electrons. The number of nitrogens with one attached hydrogen (secondary N) is 1. The molecule has 0 bridgehead atoms. The normalized spacial score (nSPS) is 15.2. The largest absolute Gasteiger partial charge is 0.314 e. The molecule has 1 N–H and O–H groups in total. The molecule has 1 heteroatoms. The quantitative estimate of drug-likeness (QED) is 0.531. The van der Waals surface area contributed by atoms with E-state index in [1.165, 1.54) is 44.9 Å². The Morgan fingerprint density at radius 3 is 2.13 bits per heavy atom. The van der Waals surface area contributed by atoms with Gasteiger partial charge in [0.1, 0.15) is 0 Å². The van der Waals surface area contributed by atoms with E-state index >= 15 is 0 Å². The van der Waals surface area contributed by atoms with Crippen LogP contribution in [0.1, 0.15) is 72.6 Å². The zero-order valence-electron chi connectivity index (χ0n) is 11.3. The lowest BCUT2D eigenvalue weighted by Crippen LogP contribution is -2.34. The third-order valence-corrected chi connectivity index (χ3v) is 3.27. The molecule has 15 heavy (non-hydrogen) atoms. The Labute approximate surface area is 97.0 Å². The second kappa shape index (κ2) is 10.5. The summed E-state index contributed by atoms with van der Waals surface area (Å²) in [6, 6.07) is 0.756. The fourth-order valence-electron chi connectivity index (χ4n) is 2.30. The fraction of sp³-hybridized carbons (Fsp3) is 1.00. The van der Waals surface area contributed by atoms with Crippen molar-refractivity contribution >= 4 is 0 Å². The first-order valence-electron chi connectivity index (χ1n) is 6.99. The molecule has 2 atom stereocenters. The standard InChI is InChI=1S/C14H31N/c1-5-8-9-10-12-14(15-7-3)13(4)11-6-2/h13-15H,5-12H2,1-4H3. The maximum Gasteiger partial charge on any atom is 0.00925 e. The molecule has 0 aromatic carbocycles. The SMILES string of the molecule is CCCCCCC(NCC)C(C)CCC. The first-order valence-corrected chi connectivity index (χ1v) is 6.99. The summed E-state index contributed by atoms with van der Waals surface area (Å²) in [5.41, 5.74) is 0. The summed E-state index contributed by atoms with van der Waals surface area (Å²) in [7, 11) is 0. The zero-order valence-corrected chi connectivity index (χ0v) is 11.3. The Hall–Kier alpha value is -0.0400. The van der Waals surface area contributed by atoms with Gasteiger partial charge in [0.2, 0.25) is 0 Å². The summed E-state index contributed by atoms with van der Waals surface area (Å²) in [6.45, 7) is 10.3. The third-order valence-electron chi connectivity index (χ3n) is 3.27. The van der Waals surface area contributed by atoms with Gasteiger partial charge in [-0.1, -0.05) is 59.8 Å². The Morgan fingerprint density at radius 1 is 0.867 bits per heavy atom. The molecule has 0 heterocycles. The lowest BCUT2D eigenvalue weighted by atomic mass is 9.92. The van der Waals surface area contributed by atoms with Gasteiger partial charge in [-0.2, -0.15) is 0 Å². The van der Waals surface area contributed by atoms with Gasteiger partial charge in [-0.25, -0.2) is 0 Å². The van der Waals surface area contributed by atoms with Gasteiger partial charge in [-0.3, -0.25) is 0 Å². The van der Waals surface area contributed by atoms with Crippen molar-refractivity contribution in [3.63, 3.8) is 0 Å². The number of hydrogen-bond donors (Lipinski definition) is 1. The van der Waals surface area contributed by atoms with Crippen molar-refractivity contribution in [2.45, 2.75) is 78.7 Å². The highest BCUT2D eigenvalue weighted by Crippen LogP contribution is 2.16. The van der Waals surface area contributed by atoms with Crippen molar-refractivity contribution in [3.8, 4) is 0 Å². The molecule has 0 spiro atoms. The predicted octanol–water partition coefficient (Wildman–Crippen LogP) is 4.37. The van der Waals surface area contributed by atoms with Gasteiger partial charge in [0, 0.05) is 6.04 Å². The van der Waals surface area contributed by atoms with Gasteiger partial charge >= 0.3 is 0 Å². The van der Waals surface area contributed by atoms with Crippen LogP contribution in [0.5, 0.6) is 0 Å².